The summed E-state index contributed by atoms with van der Waals surface area (Å²) in [5, 5.41) is 0. The molecular formula is C9H9Br2NO2. The van der Waals surface area contributed by atoms with Gasteiger partial charge in [0.05, 0.1) is 17.7 Å². The van der Waals surface area contributed by atoms with Gasteiger partial charge in [0.1, 0.15) is 6.10 Å². The summed E-state index contributed by atoms with van der Waals surface area (Å²) >= 11 is 6.73. The lowest BCUT2D eigenvalue weighted by molar-refractivity contribution is 0.137. The summed E-state index contributed by atoms with van der Waals surface area (Å²) in [6, 6.07) is 1.91. The molecule has 0 bridgehead atoms. The molecule has 2 heterocycles. The maximum Gasteiger partial charge on any atom is 0.228 e. The van der Waals surface area contributed by atoms with Gasteiger partial charge in [0.15, 0.2) is 0 Å². The average Bonchev–Trinajstić information content (AvgIpc) is 2.62. The zero-order valence-electron chi connectivity index (χ0n) is 7.37. The van der Waals surface area contributed by atoms with Crippen LogP contribution in [0.5, 0.6) is 5.88 Å². The van der Waals surface area contributed by atoms with E-state index in [9.17, 15) is 0 Å². The lowest BCUT2D eigenvalue weighted by atomic mass is 10.3. The zero-order chi connectivity index (χ0) is 9.97. The Morgan fingerprint density at radius 1 is 1.50 bits per heavy atom. The highest BCUT2D eigenvalue weighted by molar-refractivity contribution is 9.11. The number of hydrogen-bond acceptors (Lipinski definition) is 3. The molecule has 0 aromatic carbocycles. The lowest BCUT2D eigenvalue weighted by Crippen LogP contribution is -2.16. The van der Waals surface area contributed by atoms with Crippen molar-refractivity contribution in [3.05, 3.63) is 21.2 Å². The minimum Gasteiger partial charge on any atom is -0.471 e. The fourth-order valence-electron chi connectivity index (χ4n) is 1.25. The van der Waals surface area contributed by atoms with Crippen LogP contribution >= 0.6 is 31.9 Å². The van der Waals surface area contributed by atoms with Crippen molar-refractivity contribution in [1.82, 2.24) is 4.98 Å². The maximum absolute atomic E-state index is 5.66. The zero-order valence-corrected chi connectivity index (χ0v) is 10.5. The van der Waals surface area contributed by atoms with Gasteiger partial charge in [0, 0.05) is 17.1 Å². The Bertz CT molecular complexity index is 327. The first-order chi connectivity index (χ1) is 6.75. The van der Waals surface area contributed by atoms with Crippen LogP contribution in [0.15, 0.2) is 21.2 Å². The Morgan fingerprint density at radius 2 is 2.36 bits per heavy atom. The summed E-state index contributed by atoms with van der Waals surface area (Å²) in [7, 11) is 0. The Labute approximate surface area is 99.1 Å². The molecule has 1 aromatic heterocycles. The molecule has 76 valence electrons. The number of pyridine rings is 1. The minimum atomic E-state index is 0.139. The molecule has 1 aliphatic heterocycles. The fourth-order valence-corrected chi connectivity index (χ4v) is 2.33. The molecule has 1 aliphatic rings. The summed E-state index contributed by atoms with van der Waals surface area (Å²) in [6.45, 7) is 1.43. The van der Waals surface area contributed by atoms with E-state index >= 15 is 0 Å². The molecule has 2 rings (SSSR count). The van der Waals surface area contributed by atoms with Crippen molar-refractivity contribution in [2.45, 2.75) is 12.5 Å². The maximum atomic E-state index is 5.66. The molecule has 1 unspecified atom stereocenters. The summed E-state index contributed by atoms with van der Waals surface area (Å²) in [5.41, 5.74) is 0. The number of ether oxygens (including phenoxy) is 2. The normalized spacial score (nSPS) is 21.1. The van der Waals surface area contributed by atoms with Gasteiger partial charge in [0.25, 0.3) is 0 Å². The predicted molar refractivity (Wildman–Crippen MR) is 59.5 cm³/mol. The molecule has 0 aliphatic carbocycles. The van der Waals surface area contributed by atoms with Crippen molar-refractivity contribution in [2.24, 2.45) is 0 Å². The van der Waals surface area contributed by atoms with Gasteiger partial charge in [-0.2, -0.15) is 0 Å². The molecule has 14 heavy (non-hydrogen) atoms. The second-order valence-electron chi connectivity index (χ2n) is 3.04. The average molecular weight is 323 g/mol. The minimum absolute atomic E-state index is 0.139. The van der Waals surface area contributed by atoms with Crippen LogP contribution in [-0.2, 0) is 4.74 Å². The molecule has 0 amide bonds. The topological polar surface area (TPSA) is 31.4 Å². The monoisotopic (exact) mass is 321 g/mol. The molecular weight excluding hydrogens is 314 g/mol. The number of rotatable bonds is 2. The van der Waals surface area contributed by atoms with Crippen LogP contribution in [0, 0.1) is 0 Å². The highest BCUT2D eigenvalue weighted by atomic mass is 79.9. The van der Waals surface area contributed by atoms with Gasteiger partial charge in [-0.25, -0.2) is 4.98 Å². The smallest absolute Gasteiger partial charge is 0.228 e. The largest absolute Gasteiger partial charge is 0.471 e. The first kappa shape index (κ1) is 10.4. The molecule has 1 aromatic rings. The van der Waals surface area contributed by atoms with Crippen LogP contribution in [0.2, 0.25) is 0 Å². The third-order valence-corrected chi connectivity index (χ3v) is 2.94. The van der Waals surface area contributed by atoms with Crippen LogP contribution in [0.3, 0.4) is 0 Å². The van der Waals surface area contributed by atoms with Gasteiger partial charge < -0.3 is 9.47 Å². The second kappa shape index (κ2) is 4.59. The number of aromatic nitrogens is 1. The number of nitrogens with zero attached hydrogens (tertiary/aromatic N) is 1. The molecule has 3 nitrogen and oxygen atoms in total. The Balaban J connectivity index is 2.08. The Morgan fingerprint density at radius 3 is 3.00 bits per heavy atom. The molecule has 0 spiro atoms. The van der Waals surface area contributed by atoms with Gasteiger partial charge in [-0.1, -0.05) is 0 Å². The van der Waals surface area contributed by atoms with Crippen LogP contribution in [0.1, 0.15) is 6.42 Å². The summed E-state index contributed by atoms with van der Waals surface area (Å²) in [6.07, 6.45) is 2.79. The number of hydrogen-bond donors (Lipinski definition) is 0. The molecule has 5 heteroatoms. The molecule has 0 N–H and O–H groups in total. The van der Waals surface area contributed by atoms with E-state index in [1.807, 2.05) is 6.07 Å². The van der Waals surface area contributed by atoms with Crippen LogP contribution in [0.25, 0.3) is 0 Å². The van der Waals surface area contributed by atoms with E-state index in [1.54, 1.807) is 6.20 Å². The van der Waals surface area contributed by atoms with E-state index in [4.69, 9.17) is 9.47 Å². The van der Waals surface area contributed by atoms with Crippen LogP contribution in [-0.4, -0.2) is 24.3 Å². The quantitative estimate of drug-likeness (QED) is 0.839. The van der Waals surface area contributed by atoms with Crippen molar-refractivity contribution in [3.8, 4) is 5.88 Å². The number of halogens is 2. The first-order valence-electron chi connectivity index (χ1n) is 4.31. The van der Waals surface area contributed by atoms with Gasteiger partial charge >= 0.3 is 0 Å². The lowest BCUT2D eigenvalue weighted by Gasteiger charge is -2.11. The summed E-state index contributed by atoms with van der Waals surface area (Å²) < 4.78 is 12.7. The molecule has 0 radical (unpaired) electrons. The van der Waals surface area contributed by atoms with Crippen molar-refractivity contribution in [2.75, 3.05) is 13.2 Å². The molecule has 0 saturated carbocycles. The van der Waals surface area contributed by atoms with Crippen LogP contribution < -0.4 is 4.74 Å². The van der Waals surface area contributed by atoms with Crippen molar-refractivity contribution < 1.29 is 9.47 Å². The summed E-state index contributed by atoms with van der Waals surface area (Å²) in [4.78, 5) is 4.17. The SMILES string of the molecule is Brc1cnc(OC2CCOC2)c(Br)c1. The van der Waals surface area contributed by atoms with Crippen molar-refractivity contribution in [1.29, 1.82) is 0 Å². The fraction of sp³-hybridized carbons (Fsp3) is 0.444. The van der Waals surface area contributed by atoms with E-state index in [2.05, 4.69) is 36.8 Å². The molecule has 1 fully saturated rings. The molecule has 1 atom stereocenters. The Kier molecular flexibility index (Phi) is 3.41. The van der Waals surface area contributed by atoms with Crippen LogP contribution in [0.4, 0.5) is 0 Å². The predicted octanol–water partition coefficient (Wildman–Crippen LogP) is 2.77. The van der Waals surface area contributed by atoms with Gasteiger partial charge in [-0.15, -0.1) is 0 Å². The van der Waals surface area contributed by atoms with E-state index < -0.39 is 0 Å². The second-order valence-corrected chi connectivity index (χ2v) is 4.81. The third-order valence-electron chi connectivity index (χ3n) is 1.94. The first-order valence-corrected chi connectivity index (χ1v) is 5.90. The van der Waals surface area contributed by atoms with E-state index in [-0.39, 0.29) is 6.10 Å². The highest BCUT2D eigenvalue weighted by Gasteiger charge is 2.18. The van der Waals surface area contributed by atoms with E-state index in [1.165, 1.54) is 0 Å². The third kappa shape index (κ3) is 2.46. The van der Waals surface area contributed by atoms with Gasteiger partial charge in [-0.05, 0) is 37.9 Å². The Hall–Kier alpha value is -0.130. The van der Waals surface area contributed by atoms with Crippen molar-refractivity contribution in [3.63, 3.8) is 0 Å². The van der Waals surface area contributed by atoms with E-state index in [0.29, 0.717) is 12.5 Å². The highest BCUT2D eigenvalue weighted by Crippen LogP contribution is 2.27. The van der Waals surface area contributed by atoms with Gasteiger partial charge in [0.2, 0.25) is 5.88 Å². The standard InChI is InChI=1S/C9H9Br2NO2/c10-6-3-8(11)9(12-4-6)14-7-1-2-13-5-7/h3-4,7H,1-2,5H2. The van der Waals surface area contributed by atoms with E-state index in [0.717, 1.165) is 22.0 Å². The van der Waals surface area contributed by atoms with Gasteiger partial charge in [-0.3, -0.25) is 0 Å². The molecule has 1 saturated heterocycles. The summed E-state index contributed by atoms with van der Waals surface area (Å²) in [5.74, 6) is 0.628. The van der Waals surface area contributed by atoms with Crippen molar-refractivity contribution >= 4 is 31.9 Å².